The first-order chi connectivity index (χ1) is 6.56. The van der Waals surface area contributed by atoms with Crippen molar-refractivity contribution in [1.29, 1.82) is 5.26 Å². The monoisotopic (exact) mass is 321 g/mol. The van der Waals surface area contributed by atoms with Gasteiger partial charge in [0, 0.05) is 0 Å². The van der Waals surface area contributed by atoms with Crippen molar-refractivity contribution in [1.82, 2.24) is 0 Å². The predicted octanol–water partition coefficient (Wildman–Crippen LogP) is 1.96. The molecule has 0 amide bonds. The number of nitrogens with two attached hydrogens (primary N) is 1. The fourth-order valence-corrected chi connectivity index (χ4v) is 1.46. The summed E-state index contributed by atoms with van der Waals surface area (Å²) in [6.45, 7) is 0. The number of nitrogens with zero attached hydrogens (tertiary/aromatic N) is 1. The van der Waals surface area contributed by atoms with Crippen molar-refractivity contribution in [3.05, 3.63) is 27.1 Å². The normalized spacial score (nSPS) is 9.21. The number of benzene rings is 1. The van der Waals surface area contributed by atoms with Crippen LogP contribution in [0.15, 0.2) is 12.1 Å². The second-order valence-electron chi connectivity index (χ2n) is 2.38. The largest absolute Gasteiger partial charge is 0.376 e. The Morgan fingerprint density at radius 2 is 2.29 bits per heavy atom. The second kappa shape index (κ2) is 4.52. The summed E-state index contributed by atoms with van der Waals surface area (Å²) < 4.78 is 13.7. The van der Waals surface area contributed by atoms with Gasteiger partial charge in [0.05, 0.1) is 9.26 Å². The summed E-state index contributed by atoms with van der Waals surface area (Å²) in [4.78, 5) is 0. The third kappa shape index (κ3) is 2.30. The van der Waals surface area contributed by atoms with Gasteiger partial charge in [-0.25, -0.2) is 4.39 Å². The van der Waals surface area contributed by atoms with E-state index < -0.39 is 5.82 Å². The Labute approximate surface area is 99.2 Å². The average molecular weight is 321 g/mol. The Morgan fingerprint density at radius 3 is 2.79 bits per heavy atom. The molecule has 0 unspecified atom stereocenters. The molecule has 1 aromatic rings. The summed E-state index contributed by atoms with van der Waals surface area (Å²) in [6.07, 6.45) is 0. The minimum atomic E-state index is -0.561. The fraction of sp³-hybridized carbons (Fsp3) is 0. The van der Waals surface area contributed by atoms with E-state index in [9.17, 15) is 4.39 Å². The number of nitriles is 1. The van der Waals surface area contributed by atoms with Crippen molar-refractivity contribution in [2.45, 2.75) is 0 Å². The molecule has 0 fully saturated rings. The SMILES string of the molecule is N#Cc1c(NC(N)=S)ccc(I)c1F. The van der Waals surface area contributed by atoms with Crippen LogP contribution in [-0.2, 0) is 0 Å². The van der Waals surface area contributed by atoms with Gasteiger partial charge in [-0.15, -0.1) is 0 Å². The number of nitrogens with one attached hydrogen (secondary N) is 1. The van der Waals surface area contributed by atoms with Crippen LogP contribution in [0.25, 0.3) is 0 Å². The molecule has 3 nitrogen and oxygen atoms in total. The Kier molecular flexibility index (Phi) is 3.60. The predicted molar refractivity (Wildman–Crippen MR) is 64.2 cm³/mol. The third-order valence-corrected chi connectivity index (χ3v) is 2.40. The summed E-state index contributed by atoms with van der Waals surface area (Å²) in [5.74, 6) is -0.561. The highest BCUT2D eigenvalue weighted by molar-refractivity contribution is 14.1. The highest BCUT2D eigenvalue weighted by atomic mass is 127. The van der Waals surface area contributed by atoms with Crippen LogP contribution in [0.5, 0.6) is 0 Å². The highest BCUT2D eigenvalue weighted by Crippen LogP contribution is 2.22. The van der Waals surface area contributed by atoms with Crippen LogP contribution in [0, 0.1) is 20.7 Å². The van der Waals surface area contributed by atoms with Crippen LogP contribution in [0.4, 0.5) is 10.1 Å². The second-order valence-corrected chi connectivity index (χ2v) is 3.99. The van der Waals surface area contributed by atoms with Crippen LogP contribution in [0.2, 0.25) is 0 Å². The molecule has 0 aliphatic heterocycles. The molecule has 1 aromatic carbocycles. The topological polar surface area (TPSA) is 61.8 Å². The van der Waals surface area contributed by atoms with Gasteiger partial charge in [-0.2, -0.15) is 5.26 Å². The molecule has 0 heterocycles. The fourth-order valence-electron chi connectivity index (χ4n) is 0.897. The molecule has 1 rings (SSSR count). The van der Waals surface area contributed by atoms with Crippen LogP contribution < -0.4 is 11.1 Å². The van der Waals surface area contributed by atoms with Gasteiger partial charge >= 0.3 is 0 Å². The van der Waals surface area contributed by atoms with E-state index in [-0.39, 0.29) is 16.4 Å². The maximum atomic E-state index is 13.4. The van der Waals surface area contributed by atoms with E-state index in [1.54, 1.807) is 34.7 Å². The average Bonchev–Trinajstić information content (AvgIpc) is 2.11. The molecule has 0 atom stereocenters. The molecular weight excluding hydrogens is 316 g/mol. The lowest BCUT2D eigenvalue weighted by Gasteiger charge is -2.07. The molecule has 0 aromatic heterocycles. The molecule has 72 valence electrons. The molecular formula is C8H5FIN3S. The van der Waals surface area contributed by atoms with E-state index in [1.165, 1.54) is 6.07 Å². The van der Waals surface area contributed by atoms with E-state index in [4.69, 9.17) is 11.0 Å². The molecule has 0 aliphatic rings. The van der Waals surface area contributed by atoms with E-state index in [0.29, 0.717) is 3.57 Å². The summed E-state index contributed by atoms with van der Waals surface area (Å²) >= 11 is 6.40. The Balaban J connectivity index is 3.26. The van der Waals surface area contributed by atoms with Gasteiger partial charge < -0.3 is 11.1 Å². The van der Waals surface area contributed by atoms with Crippen LogP contribution in [-0.4, -0.2) is 5.11 Å². The zero-order valence-electron chi connectivity index (χ0n) is 6.84. The number of anilines is 1. The standard InChI is InChI=1S/C8H5FIN3S/c9-7-4(3-11)6(13-8(12)14)2-1-5(7)10/h1-2H,(H3,12,13,14). The number of rotatable bonds is 1. The van der Waals surface area contributed by atoms with Gasteiger partial charge in [0.2, 0.25) is 0 Å². The molecule has 0 radical (unpaired) electrons. The molecule has 0 spiro atoms. The van der Waals surface area contributed by atoms with Crippen molar-refractivity contribution >= 4 is 45.6 Å². The van der Waals surface area contributed by atoms with Crippen molar-refractivity contribution in [3.8, 4) is 6.07 Å². The number of halogens is 2. The minimum Gasteiger partial charge on any atom is -0.376 e. The Morgan fingerprint density at radius 1 is 1.64 bits per heavy atom. The lowest BCUT2D eigenvalue weighted by molar-refractivity contribution is 0.617. The van der Waals surface area contributed by atoms with Gasteiger partial charge in [0.25, 0.3) is 0 Å². The van der Waals surface area contributed by atoms with Crippen molar-refractivity contribution in [2.24, 2.45) is 5.73 Å². The van der Waals surface area contributed by atoms with Gasteiger partial charge in [-0.1, -0.05) is 0 Å². The van der Waals surface area contributed by atoms with Crippen molar-refractivity contribution < 1.29 is 4.39 Å². The molecule has 6 heteroatoms. The van der Waals surface area contributed by atoms with E-state index in [2.05, 4.69) is 17.5 Å². The highest BCUT2D eigenvalue weighted by Gasteiger charge is 2.11. The molecule has 0 saturated heterocycles. The number of hydrogen-bond donors (Lipinski definition) is 2. The molecule has 0 aliphatic carbocycles. The summed E-state index contributed by atoms with van der Waals surface area (Å²) in [5, 5.41) is 11.3. The maximum absolute atomic E-state index is 13.4. The molecule has 0 bridgehead atoms. The Hall–Kier alpha value is -0.940. The van der Waals surface area contributed by atoms with Crippen molar-refractivity contribution in [3.63, 3.8) is 0 Å². The van der Waals surface area contributed by atoms with Gasteiger partial charge in [0.1, 0.15) is 11.6 Å². The van der Waals surface area contributed by atoms with E-state index in [1.807, 2.05) is 0 Å². The van der Waals surface area contributed by atoms with Crippen LogP contribution in [0.3, 0.4) is 0 Å². The quantitative estimate of drug-likeness (QED) is 0.613. The smallest absolute Gasteiger partial charge is 0.168 e. The lowest BCUT2D eigenvalue weighted by Crippen LogP contribution is -2.20. The van der Waals surface area contributed by atoms with Crippen LogP contribution >= 0.6 is 34.8 Å². The summed E-state index contributed by atoms with van der Waals surface area (Å²) in [5.41, 5.74) is 5.43. The maximum Gasteiger partial charge on any atom is 0.168 e. The van der Waals surface area contributed by atoms with Crippen molar-refractivity contribution in [2.75, 3.05) is 5.32 Å². The first kappa shape index (κ1) is 11.1. The first-order valence-electron chi connectivity index (χ1n) is 3.51. The zero-order valence-corrected chi connectivity index (χ0v) is 9.82. The Bertz CT molecular complexity index is 427. The summed E-state index contributed by atoms with van der Waals surface area (Å²) in [6, 6.07) is 4.85. The van der Waals surface area contributed by atoms with Gasteiger partial charge in [-0.05, 0) is 46.9 Å². The number of hydrogen-bond acceptors (Lipinski definition) is 2. The third-order valence-electron chi connectivity index (χ3n) is 1.46. The molecule has 0 saturated carbocycles. The van der Waals surface area contributed by atoms with E-state index in [0.717, 1.165) is 0 Å². The molecule has 14 heavy (non-hydrogen) atoms. The molecule has 3 N–H and O–H groups in total. The number of thiocarbonyl (C=S) groups is 1. The van der Waals surface area contributed by atoms with Gasteiger partial charge in [-0.3, -0.25) is 0 Å². The minimum absolute atomic E-state index is 0.00195. The van der Waals surface area contributed by atoms with Gasteiger partial charge in [0.15, 0.2) is 10.9 Å². The van der Waals surface area contributed by atoms with Crippen LogP contribution in [0.1, 0.15) is 5.56 Å². The first-order valence-corrected chi connectivity index (χ1v) is 4.99. The lowest BCUT2D eigenvalue weighted by atomic mass is 10.2. The van der Waals surface area contributed by atoms with E-state index >= 15 is 0 Å². The summed E-state index contributed by atoms with van der Waals surface area (Å²) in [7, 11) is 0. The zero-order chi connectivity index (χ0) is 10.7.